The summed E-state index contributed by atoms with van der Waals surface area (Å²) in [4.78, 5) is 12.9. The van der Waals surface area contributed by atoms with E-state index in [4.69, 9.17) is 0 Å². The number of nitrogens with zero attached hydrogens (tertiary/aromatic N) is 1. The molecule has 0 aliphatic heterocycles. The van der Waals surface area contributed by atoms with E-state index in [-0.39, 0.29) is 16.8 Å². The van der Waals surface area contributed by atoms with Crippen LogP contribution in [0.25, 0.3) is 0 Å². The fourth-order valence-corrected chi connectivity index (χ4v) is 9.87. The second-order valence-electron chi connectivity index (χ2n) is 10.6. The van der Waals surface area contributed by atoms with E-state index in [9.17, 15) is 18.3 Å². The van der Waals surface area contributed by atoms with Gasteiger partial charge in [-0.15, -0.1) is 0 Å². The third-order valence-corrected chi connectivity index (χ3v) is 11.6. The molecule has 0 spiro atoms. The van der Waals surface area contributed by atoms with Crippen LogP contribution in [0.1, 0.15) is 37.0 Å². The molecule has 9 atom stereocenters. The van der Waals surface area contributed by atoms with Gasteiger partial charge in [-0.1, -0.05) is 0 Å². The molecule has 6 nitrogen and oxygen atoms in total. The van der Waals surface area contributed by atoms with E-state index < -0.39 is 15.6 Å². The molecule has 0 saturated heterocycles. The van der Waals surface area contributed by atoms with Crippen molar-refractivity contribution in [2.24, 2.45) is 47.3 Å². The first-order chi connectivity index (χ1) is 14.2. The molecule has 7 heteroatoms. The zero-order valence-electron chi connectivity index (χ0n) is 17.7. The first-order valence-electron chi connectivity index (χ1n) is 11.2. The Labute approximate surface area is 178 Å². The Kier molecular flexibility index (Phi) is 3.77. The third kappa shape index (κ3) is 2.12. The number of amides is 1. The Morgan fingerprint density at radius 2 is 1.73 bits per heavy atom. The Hall–Kier alpha value is -1.44. The van der Waals surface area contributed by atoms with Crippen molar-refractivity contribution in [2.75, 3.05) is 13.6 Å². The minimum Gasteiger partial charge on any atom is -0.387 e. The summed E-state index contributed by atoms with van der Waals surface area (Å²) in [5.74, 6) is 4.93. The summed E-state index contributed by atoms with van der Waals surface area (Å²) in [5.41, 5.74) is -0.324. The molecule has 1 aromatic carbocycles. The van der Waals surface area contributed by atoms with E-state index in [0.717, 1.165) is 11.8 Å². The molecule has 9 unspecified atom stereocenters. The van der Waals surface area contributed by atoms with E-state index in [0.29, 0.717) is 47.6 Å². The number of hydrogen-bond acceptors (Lipinski definition) is 4. The number of rotatable bonds is 6. The Morgan fingerprint density at radius 3 is 2.40 bits per heavy atom. The quantitative estimate of drug-likeness (QED) is 0.722. The number of hydrogen-bond donors (Lipinski definition) is 2. The molecule has 1 aromatic rings. The molecule has 5 aliphatic carbocycles. The van der Waals surface area contributed by atoms with Crippen LogP contribution < -0.4 is 5.32 Å². The van der Waals surface area contributed by atoms with Crippen LogP contribution in [0.5, 0.6) is 0 Å². The third-order valence-electron chi connectivity index (χ3n) is 9.57. The van der Waals surface area contributed by atoms with Gasteiger partial charge < -0.3 is 10.4 Å². The second kappa shape index (κ2) is 5.87. The minimum atomic E-state index is -3.57. The number of carbonyl (C=O) groups is 1. The smallest absolute Gasteiger partial charge is 0.251 e. The summed E-state index contributed by atoms with van der Waals surface area (Å²) in [6.45, 7) is 3.96. The van der Waals surface area contributed by atoms with Crippen LogP contribution in [-0.4, -0.2) is 49.0 Å². The summed E-state index contributed by atoms with van der Waals surface area (Å²) in [7, 11) is -2.01. The molecule has 5 aliphatic rings. The normalized spacial score (nSPS) is 44.3. The van der Waals surface area contributed by atoms with Crippen molar-refractivity contribution in [3.63, 3.8) is 0 Å². The van der Waals surface area contributed by atoms with Gasteiger partial charge in [0.05, 0.1) is 10.5 Å². The number of sulfonamides is 1. The van der Waals surface area contributed by atoms with Crippen molar-refractivity contribution in [2.45, 2.75) is 43.2 Å². The van der Waals surface area contributed by atoms with Crippen LogP contribution in [0.3, 0.4) is 0 Å². The van der Waals surface area contributed by atoms with Gasteiger partial charge in [0, 0.05) is 25.2 Å². The van der Waals surface area contributed by atoms with Crippen LogP contribution in [0.15, 0.2) is 29.2 Å². The maximum absolute atomic E-state index is 12.8. The average molecular weight is 431 g/mol. The molecule has 2 bridgehead atoms. The number of aliphatic hydroxyl groups is 1. The predicted molar refractivity (Wildman–Crippen MR) is 111 cm³/mol. The van der Waals surface area contributed by atoms with Gasteiger partial charge in [-0.3, -0.25) is 4.79 Å². The molecular weight excluding hydrogens is 400 g/mol. The summed E-state index contributed by atoms with van der Waals surface area (Å²) in [5, 5.41) is 14.6. The van der Waals surface area contributed by atoms with Crippen LogP contribution in [0, 0.1) is 47.3 Å². The second-order valence-corrected chi connectivity index (χ2v) is 12.6. The van der Waals surface area contributed by atoms with E-state index in [1.165, 1.54) is 29.3 Å². The van der Waals surface area contributed by atoms with Gasteiger partial charge in [-0.25, -0.2) is 8.42 Å². The van der Waals surface area contributed by atoms with Gasteiger partial charge >= 0.3 is 0 Å². The molecule has 2 N–H and O–H groups in total. The first kappa shape index (κ1) is 19.3. The summed E-state index contributed by atoms with van der Waals surface area (Å²) >= 11 is 0. The lowest BCUT2D eigenvalue weighted by Gasteiger charge is -2.51. The van der Waals surface area contributed by atoms with Gasteiger partial charge in [0.2, 0.25) is 10.0 Å². The topological polar surface area (TPSA) is 86.7 Å². The highest BCUT2D eigenvalue weighted by atomic mass is 32.2. The number of benzene rings is 1. The number of carbonyl (C=O) groups excluding carboxylic acids is 1. The lowest BCUT2D eigenvalue weighted by Crippen LogP contribution is -2.59. The van der Waals surface area contributed by atoms with E-state index in [2.05, 4.69) is 5.32 Å². The van der Waals surface area contributed by atoms with E-state index >= 15 is 0 Å². The minimum absolute atomic E-state index is 0.145. The summed E-state index contributed by atoms with van der Waals surface area (Å²) in [6, 6.07) is 5.94. The van der Waals surface area contributed by atoms with Crippen LogP contribution >= 0.6 is 0 Å². The van der Waals surface area contributed by atoms with Crippen molar-refractivity contribution >= 4 is 15.9 Å². The molecule has 6 rings (SSSR count). The molecule has 0 radical (unpaired) electrons. The fraction of sp³-hybridized carbons (Fsp3) is 0.696. The SMILES string of the molecule is CC(C)N(C)S(=O)(=O)c1ccc(C(=O)NCC2(O)C3C4CC5C6C4CC3C6C52)cc1. The highest BCUT2D eigenvalue weighted by Gasteiger charge is 2.84. The monoisotopic (exact) mass is 430 g/mol. The number of nitrogens with one attached hydrogen (secondary N) is 1. The molecule has 0 aromatic heterocycles. The lowest BCUT2D eigenvalue weighted by atomic mass is 9.56. The molecule has 0 heterocycles. The van der Waals surface area contributed by atoms with Crippen molar-refractivity contribution in [3.8, 4) is 0 Å². The maximum atomic E-state index is 12.8. The Bertz CT molecular complexity index is 1020. The molecule has 1 amide bonds. The molecular formula is C23H30N2O4S. The zero-order chi connectivity index (χ0) is 21.2. The molecule has 30 heavy (non-hydrogen) atoms. The fourth-order valence-electron chi connectivity index (χ4n) is 8.51. The van der Waals surface area contributed by atoms with Crippen molar-refractivity contribution < 1.29 is 18.3 Å². The van der Waals surface area contributed by atoms with Crippen LogP contribution in [-0.2, 0) is 10.0 Å². The maximum Gasteiger partial charge on any atom is 0.251 e. The van der Waals surface area contributed by atoms with Crippen molar-refractivity contribution in [3.05, 3.63) is 29.8 Å². The standard InChI is InChI=1S/C23H30N2O4S/c1-11(2)25(3)30(28,29)13-6-4-12(5-7-13)22(26)24-10-23(27)20-15-9-16-18-14(15)8-17(20)19(18)21(16)23/h4-7,11,14-21,27H,8-10H2,1-3H3,(H,24,26). The Morgan fingerprint density at radius 1 is 1.10 bits per heavy atom. The van der Waals surface area contributed by atoms with Gasteiger partial charge in [0.25, 0.3) is 5.91 Å². The highest BCUT2D eigenvalue weighted by Crippen LogP contribution is 2.85. The summed E-state index contributed by atoms with van der Waals surface area (Å²) in [6.07, 6.45) is 2.60. The first-order valence-corrected chi connectivity index (χ1v) is 12.7. The highest BCUT2D eigenvalue weighted by molar-refractivity contribution is 7.89. The lowest BCUT2D eigenvalue weighted by molar-refractivity contribution is -0.126. The van der Waals surface area contributed by atoms with Gasteiger partial charge in [0.1, 0.15) is 0 Å². The molecule has 162 valence electrons. The molecule has 5 saturated carbocycles. The van der Waals surface area contributed by atoms with Gasteiger partial charge in [0.15, 0.2) is 0 Å². The number of fused-ring (bicyclic) bond motifs is 2. The Balaban J connectivity index is 1.16. The average Bonchev–Trinajstić information content (AvgIpc) is 3.24. The largest absolute Gasteiger partial charge is 0.387 e. The zero-order valence-corrected chi connectivity index (χ0v) is 18.5. The van der Waals surface area contributed by atoms with E-state index in [1.54, 1.807) is 19.2 Å². The van der Waals surface area contributed by atoms with Crippen LogP contribution in [0.2, 0.25) is 0 Å². The van der Waals surface area contributed by atoms with Crippen molar-refractivity contribution in [1.82, 2.24) is 9.62 Å². The molecule has 5 fully saturated rings. The predicted octanol–water partition coefficient (Wildman–Crippen LogP) is 1.95. The van der Waals surface area contributed by atoms with Crippen LogP contribution in [0.4, 0.5) is 0 Å². The van der Waals surface area contributed by atoms with Gasteiger partial charge in [-0.05, 0) is 98.3 Å². The summed E-state index contributed by atoms with van der Waals surface area (Å²) < 4.78 is 26.5. The van der Waals surface area contributed by atoms with Crippen molar-refractivity contribution in [1.29, 1.82) is 0 Å². The van der Waals surface area contributed by atoms with Gasteiger partial charge in [-0.2, -0.15) is 4.31 Å². The van der Waals surface area contributed by atoms with E-state index in [1.807, 2.05) is 13.8 Å².